The van der Waals surface area contributed by atoms with E-state index in [4.69, 9.17) is 0 Å². The van der Waals surface area contributed by atoms with E-state index in [0.717, 1.165) is 11.1 Å². The minimum Gasteiger partial charge on any atom is -0.0654 e. The van der Waals surface area contributed by atoms with Crippen LogP contribution in [0.2, 0.25) is 23.2 Å². The van der Waals surface area contributed by atoms with Crippen LogP contribution in [0.25, 0.3) is 0 Å². The Morgan fingerprint density at radius 2 is 1.15 bits per heavy atom. The summed E-state index contributed by atoms with van der Waals surface area (Å²) in [4.78, 5) is 0. The fraction of sp³-hybridized carbons (Fsp3) is 0.889. The smallest absolute Gasteiger partial charge is 0.0235 e. The molecule has 0 spiro atoms. The lowest BCUT2D eigenvalue weighted by molar-refractivity contribution is 0.673. The minimum absolute atomic E-state index is 0.213. The van der Waals surface area contributed by atoms with Gasteiger partial charge in [-0.3, -0.25) is 0 Å². The summed E-state index contributed by atoms with van der Waals surface area (Å²) in [6.07, 6.45) is 20.2. The summed E-state index contributed by atoms with van der Waals surface area (Å²) in [5.41, 5.74) is 2.14. The van der Waals surface area contributed by atoms with E-state index in [1.807, 2.05) is 0 Å². The molecule has 2 unspecified atom stereocenters. The van der Waals surface area contributed by atoms with E-state index < -0.39 is 0 Å². The number of hydrogen-bond acceptors (Lipinski definition) is 0. The Morgan fingerprint density at radius 3 is 1.50 bits per heavy atom. The lowest BCUT2D eigenvalue weighted by atomic mass is 9.99. The summed E-state index contributed by atoms with van der Waals surface area (Å²) in [5.74, 6) is 0. The molecule has 0 N–H and O–H groups in total. The highest BCUT2D eigenvalue weighted by Gasteiger charge is 2.21. The lowest BCUT2D eigenvalue weighted by Gasteiger charge is -2.27. The molecule has 1 rings (SSSR count). The van der Waals surface area contributed by atoms with Crippen LogP contribution >= 0.6 is 0 Å². The number of rotatable bonds is 12. The highest BCUT2D eigenvalue weighted by Crippen LogP contribution is 2.35. The van der Waals surface area contributed by atoms with Gasteiger partial charge in [-0.1, -0.05) is 77.3 Å². The van der Waals surface area contributed by atoms with Crippen molar-refractivity contribution >= 4 is 19.0 Å². The summed E-state index contributed by atoms with van der Waals surface area (Å²) in [5, 5.41) is 0. The third-order valence-corrected chi connectivity index (χ3v) is 9.53. The van der Waals surface area contributed by atoms with E-state index in [9.17, 15) is 0 Å². The molecule has 118 valence electrons. The maximum atomic E-state index is 2.75. The summed E-state index contributed by atoms with van der Waals surface area (Å²) < 4.78 is 0. The van der Waals surface area contributed by atoms with Gasteiger partial charge in [0.15, 0.2) is 0 Å². The standard InChI is InChI=1S/C18H38Si2/c1-3-5-7-9-15-19-17-11-13-18(14-12-17)20-16-10-8-6-4-2/h11,14,17-18H,3-10,12-13,15-16,19-20H2,1-2H3. The average molecular weight is 311 g/mol. The number of hydrogen-bond donors (Lipinski definition) is 0. The first-order valence-corrected chi connectivity index (χ1v) is 13.2. The molecule has 1 aliphatic rings. The predicted molar refractivity (Wildman–Crippen MR) is 100 cm³/mol. The number of unbranched alkanes of at least 4 members (excludes halogenated alkanes) is 6. The molecule has 0 saturated heterocycles. The van der Waals surface area contributed by atoms with Crippen molar-refractivity contribution in [1.29, 1.82) is 0 Å². The zero-order valence-corrected chi connectivity index (χ0v) is 17.0. The van der Waals surface area contributed by atoms with Gasteiger partial charge in [-0.15, -0.1) is 0 Å². The molecule has 2 radical (unpaired) electrons. The van der Waals surface area contributed by atoms with Crippen molar-refractivity contribution in [2.75, 3.05) is 0 Å². The first kappa shape index (κ1) is 18.5. The van der Waals surface area contributed by atoms with Crippen molar-refractivity contribution in [3.8, 4) is 0 Å². The van der Waals surface area contributed by atoms with E-state index >= 15 is 0 Å². The molecule has 0 heterocycles. The second-order valence-electron chi connectivity index (χ2n) is 6.87. The molecule has 2 atom stereocenters. The molecule has 0 aromatic carbocycles. The third-order valence-electron chi connectivity index (χ3n) is 4.90. The van der Waals surface area contributed by atoms with Gasteiger partial charge in [-0.05, 0) is 36.8 Å². The van der Waals surface area contributed by atoms with Crippen molar-refractivity contribution in [3.05, 3.63) is 12.8 Å². The third kappa shape index (κ3) is 9.38. The maximum Gasteiger partial charge on any atom is 0.0235 e. The molecule has 1 aliphatic carbocycles. The molecule has 0 amide bonds. The molecule has 20 heavy (non-hydrogen) atoms. The highest BCUT2D eigenvalue weighted by molar-refractivity contribution is 6.40. The first-order chi connectivity index (χ1) is 9.86. The van der Waals surface area contributed by atoms with Gasteiger partial charge in [0.25, 0.3) is 0 Å². The molecule has 0 aliphatic heterocycles. The lowest BCUT2D eigenvalue weighted by Crippen LogP contribution is -2.16. The van der Waals surface area contributed by atoms with Gasteiger partial charge in [0, 0.05) is 19.0 Å². The molecular weight excluding hydrogens is 272 g/mol. The zero-order chi connectivity index (χ0) is 14.5. The molecule has 0 aromatic heterocycles. The Bertz CT molecular complexity index is 176. The predicted octanol–water partition coefficient (Wildman–Crippen LogP) is 5.10. The van der Waals surface area contributed by atoms with Crippen LogP contribution in [0.1, 0.15) is 78.1 Å². The SMILES string of the molecule is CCCCCC[SiH2]C1[CH]CC([SiH2]CCCCCC)[CH]C1. The Balaban J connectivity index is 1.91. The van der Waals surface area contributed by atoms with E-state index in [0.29, 0.717) is 0 Å². The Kier molecular flexibility index (Phi) is 12.1. The van der Waals surface area contributed by atoms with Crippen LogP contribution < -0.4 is 0 Å². The van der Waals surface area contributed by atoms with Gasteiger partial charge in [0.05, 0.1) is 0 Å². The molecular formula is C18H38Si2. The quantitative estimate of drug-likeness (QED) is 0.347. The second-order valence-corrected chi connectivity index (χ2v) is 11.5. The van der Waals surface area contributed by atoms with Crippen molar-refractivity contribution < 1.29 is 0 Å². The summed E-state index contributed by atoms with van der Waals surface area (Å²) in [7, 11) is 0.426. The van der Waals surface area contributed by atoms with Gasteiger partial charge in [-0.25, -0.2) is 0 Å². The molecule has 1 fully saturated rings. The van der Waals surface area contributed by atoms with Gasteiger partial charge in [0.2, 0.25) is 0 Å². The zero-order valence-electron chi connectivity index (χ0n) is 14.2. The Hall–Kier alpha value is 0.434. The molecule has 0 aromatic rings. The van der Waals surface area contributed by atoms with Gasteiger partial charge < -0.3 is 0 Å². The molecule has 1 saturated carbocycles. The van der Waals surface area contributed by atoms with Crippen LogP contribution in [0.3, 0.4) is 0 Å². The monoisotopic (exact) mass is 310 g/mol. The summed E-state index contributed by atoms with van der Waals surface area (Å²) in [6.45, 7) is 4.63. The van der Waals surface area contributed by atoms with Crippen molar-refractivity contribution in [2.24, 2.45) is 0 Å². The van der Waals surface area contributed by atoms with Crippen LogP contribution in [0.4, 0.5) is 0 Å². The molecule has 2 heteroatoms. The second kappa shape index (κ2) is 13.1. The Morgan fingerprint density at radius 1 is 0.700 bits per heavy atom. The maximum absolute atomic E-state index is 2.75. The van der Waals surface area contributed by atoms with E-state index in [2.05, 4.69) is 26.7 Å². The summed E-state index contributed by atoms with van der Waals surface area (Å²) >= 11 is 0. The summed E-state index contributed by atoms with van der Waals surface area (Å²) in [6, 6.07) is 3.21. The van der Waals surface area contributed by atoms with Crippen molar-refractivity contribution in [2.45, 2.75) is 101 Å². The van der Waals surface area contributed by atoms with Crippen LogP contribution in [0.15, 0.2) is 0 Å². The van der Waals surface area contributed by atoms with Crippen LogP contribution in [0, 0.1) is 12.8 Å². The Labute approximate surface area is 133 Å². The normalized spacial score (nSPS) is 24.3. The largest absolute Gasteiger partial charge is 0.0654 e. The van der Waals surface area contributed by atoms with Gasteiger partial charge in [0.1, 0.15) is 0 Å². The minimum atomic E-state index is 0.213. The van der Waals surface area contributed by atoms with Crippen LogP contribution in [0.5, 0.6) is 0 Å². The molecule has 0 nitrogen and oxygen atoms in total. The van der Waals surface area contributed by atoms with Crippen molar-refractivity contribution in [3.63, 3.8) is 0 Å². The van der Waals surface area contributed by atoms with E-state index in [1.54, 1.807) is 12.1 Å². The first-order valence-electron chi connectivity index (χ1n) is 9.53. The topological polar surface area (TPSA) is 0 Å². The fourth-order valence-electron chi connectivity index (χ4n) is 3.42. The van der Waals surface area contributed by atoms with E-state index in [-0.39, 0.29) is 19.0 Å². The van der Waals surface area contributed by atoms with Crippen molar-refractivity contribution in [1.82, 2.24) is 0 Å². The average Bonchev–Trinajstić information content (AvgIpc) is 2.48. The van der Waals surface area contributed by atoms with Crippen LogP contribution in [-0.2, 0) is 0 Å². The van der Waals surface area contributed by atoms with Gasteiger partial charge >= 0.3 is 0 Å². The highest BCUT2D eigenvalue weighted by atomic mass is 28.2. The fourth-order valence-corrected chi connectivity index (χ4v) is 7.46. The van der Waals surface area contributed by atoms with Crippen LogP contribution in [-0.4, -0.2) is 19.0 Å². The molecule has 0 bridgehead atoms. The van der Waals surface area contributed by atoms with E-state index in [1.165, 1.54) is 64.2 Å². The van der Waals surface area contributed by atoms with Gasteiger partial charge in [-0.2, -0.15) is 0 Å².